The van der Waals surface area contributed by atoms with Gasteiger partial charge in [0.15, 0.2) is 0 Å². The third-order valence-electron chi connectivity index (χ3n) is 4.37. The van der Waals surface area contributed by atoms with E-state index < -0.39 is 0 Å². The second kappa shape index (κ2) is 6.31. The van der Waals surface area contributed by atoms with Crippen LogP contribution in [0.1, 0.15) is 30.3 Å². The lowest BCUT2D eigenvalue weighted by Crippen LogP contribution is -2.39. The minimum atomic E-state index is 0.118. The van der Waals surface area contributed by atoms with Gasteiger partial charge in [0.1, 0.15) is 5.69 Å². The molecule has 4 heteroatoms. The monoisotopic (exact) mass is 285 g/mol. The SMILES string of the molecule is CCN(CC1CCNCC1)C(=O)c1cc2ccccc2[nH]1. The number of carbonyl (C=O) groups is 1. The van der Waals surface area contributed by atoms with E-state index in [0.717, 1.165) is 49.9 Å². The fourth-order valence-electron chi connectivity index (χ4n) is 3.09. The summed E-state index contributed by atoms with van der Waals surface area (Å²) in [5, 5.41) is 4.47. The molecule has 0 atom stereocenters. The van der Waals surface area contributed by atoms with Crippen molar-refractivity contribution >= 4 is 16.8 Å². The fraction of sp³-hybridized carbons (Fsp3) is 0.471. The molecule has 0 unspecified atom stereocenters. The largest absolute Gasteiger partial charge is 0.351 e. The lowest BCUT2D eigenvalue weighted by molar-refractivity contribution is 0.0722. The Labute approximate surface area is 125 Å². The number of carbonyl (C=O) groups excluding carboxylic acids is 1. The number of amides is 1. The van der Waals surface area contributed by atoms with Gasteiger partial charge in [-0.3, -0.25) is 4.79 Å². The number of benzene rings is 1. The van der Waals surface area contributed by atoms with Crippen LogP contribution in [0.25, 0.3) is 10.9 Å². The molecule has 21 heavy (non-hydrogen) atoms. The van der Waals surface area contributed by atoms with E-state index in [9.17, 15) is 4.79 Å². The van der Waals surface area contributed by atoms with Gasteiger partial charge in [-0.2, -0.15) is 0 Å². The standard InChI is InChI=1S/C17H23N3O/c1-2-20(12-13-7-9-18-10-8-13)17(21)16-11-14-5-3-4-6-15(14)19-16/h3-6,11,13,18-19H,2,7-10,12H2,1H3. The van der Waals surface area contributed by atoms with E-state index in [4.69, 9.17) is 0 Å². The molecule has 2 aromatic rings. The molecule has 1 amide bonds. The van der Waals surface area contributed by atoms with Crippen molar-refractivity contribution in [3.63, 3.8) is 0 Å². The highest BCUT2D eigenvalue weighted by Gasteiger charge is 2.21. The molecule has 0 saturated carbocycles. The highest BCUT2D eigenvalue weighted by atomic mass is 16.2. The minimum absolute atomic E-state index is 0.118. The third kappa shape index (κ3) is 3.10. The summed E-state index contributed by atoms with van der Waals surface area (Å²) >= 11 is 0. The van der Waals surface area contributed by atoms with E-state index in [1.54, 1.807) is 0 Å². The topological polar surface area (TPSA) is 48.1 Å². The summed E-state index contributed by atoms with van der Waals surface area (Å²) in [6, 6.07) is 9.99. The molecule has 2 N–H and O–H groups in total. The first kappa shape index (κ1) is 14.1. The number of hydrogen-bond donors (Lipinski definition) is 2. The number of nitrogens with zero attached hydrogens (tertiary/aromatic N) is 1. The number of aromatic amines is 1. The van der Waals surface area contributed by atoms with Crippen LogP contribution in [0.2, 0.25) is 0 Å². The van der Waals surface area contributed by atoms with Crippen LogP contribution in [0.15, 0.2) is 30.3 Å². The van der Waals surface area contributed by atoms with Crippen molar-refractivity contribution in [2.45, 2.75) is 19.8 Å². The summed E-state index contributed by atoms with van der Waals surface area (Å²) in [6.45, 7) is 5.83. The summed E-state index contributed by atoms with van der Waals surface area (Å²) in [5.74, 6) is 0.742. The summed E-state index contributed by atoms with van der Waals surface area (Å²) in [7, 11) is 0. The van der Waals surface area contributed by atoms with Crippen molar-refractivity contribution in [2.24, 2.45) is 5.92 Å². The van der Waals surface area contributed by atoms with Gasteiger partial charge in [-0.25, -0.2) is 0 Å². The van der Waals surface area contributed by atoms with Crippen LogP contribution in [0.4, 0.5) is 0 Å². The molecule has 1 saturated heterocycles. The maximum Gasteiger partial charge on any atom is 0.270 e. The molecule has 1 aliphatic heterocycles. The summed E-state index contributed by atoms with van der Waals surface area (Å²) in [6.07, 6.45) is 2.33. The highest BCUT2D eigenvalue weighted by molar-refractivity contribution is 5.98. The normalized spacial score (nSPS) is 16.2. The summed E-state index contributed by atoms with van der Waals surface area (Å²) in [5.41, 5.74) is 1.73. The molecule has 112 valence electrons. The molecule has 0 aliphatic carbocycles. The Bertz CT molecular complexity index is 580. The second-order valence-electron chi connectivity index (χ2n) is 5.81. The first-order valence-corrected chi connectivity index (χ1v) is 7.85. The Morgan fingerprint density at radius 1 is 1.29 bits per heavy atom. The zero-order chi connectivity index (χ0) is 14.7. The van der Waals surface area contributed by atoms with Gasteiger partial charge in [0, 0.05) is 24.0 Å². The molecule has 1 aliphatic rings. The first-order valence-electron chi connectivity index (χ1n) is 7.85. The van der Waals surface area contributed by atoms with Gasteiger partial charge in [-0.05, 0) is 50.9 Å². The quantitative estimate of drug-likeness (QED) is 0.907. The molecule has 0 radical (unpaired) electrons. The minimum Gasteiger partial charge on any atom is -0.351 e. The van der Waals surface area contributed by atoms with Crippen molar-refractivity contribution in [1.29, 1.82) is 0 Å². The van der Waals surface area contributed by atoms with Gasteiger partial charge in [-0.1, -0.05) is 18.2 Å². The summed E-state index contributed by atoms with van der Waals surface area (Å²) in [4.78, 5) is 17.9. The molecule has 1 fully saturated rings. The Kier molecular flexibility index (Phi) is 4.25. The molecule has 1 aromatic heterocycles. The van der Waals surface area contributed by atoms with Crippen LogP contribution in [0, 0.1) is 5.92 Å². The zero-order valence-electron chi connectivity index (χ0n) is 12.6. The molecular formula is C17H23N3O. The van der Waals surface area contributed by atoms with Crippen molar-refractivity contribution in [1.82, 2.24) is 15.2 Å². The maximum atomic E-state index is 12.7. The van der Waals surface area contributed by atoms with Gasteiger partial charge in [-0.15, -0.1) is 0 Å². The zero-order valence-corrected chi connectivity index (χ0v) is 12.6. The fourth-order valence-corrected chi connectivity index (χ4v) is 3.09. The lowest BCUT2D eigenvalue weighted by atomic mass is 9.97. The predicted octanol–water partition coefficient (Wildman–Crippen LogP) is 2.63. The van der Waals surface area contributed by atoms with Crippen LogP contribution in [0.5, 0.6) is 0 Å². The van der Waals surface area contributed by atoms with Crippen LogP contribution >= 0.6 is 0 Å². The number of hydrogen-bond acceptors (Lipinski definition) is 2. The van der Waals surface area contributed by atoms with Crippen molar-refractivity contribution in [3.8, 4) is 0 Å². The van der Waals surface area contributed by atoms with Crippen molar-refractivity contribution < 1.29 is 4.79 Å². The van der Waals surface area contributed by atoms with Gasteiger partial charge < -0.3 is 15.2 Å². The van der Waals surface area contributed by atoms with Gasteiger partial charge in [0.05, 0.1) is 0 Å². The Morgan fingerprint density at radius 3 is 2.76 bits per heavy atom. The van der Waals surface area contributed by atoms with Gasteiger partial charge in [0.2, 0.25) is 0 Å². The van der Waals surface area contributed by atoms with Crippen molar-refractivity contribution in [3.05, 3.63) is 36.0 Å². The lowest BCUT2D eigenvalue weighted by Gasteiger charge is -2.29. The van der Waals surface area contributed by atoms with E-state index in [2.05, 4.69) is 17.2 Å². The van der Waals surface area contributed by atoms with E-state index in [-0.39, 0.29) is 5.91 Å². The Morgan fingerprint density at radius 2 is 2.05 bits per heavy atom. The smallest absolute Gasteiger partial charge is 0.270 e. The van der Waals surface area contributed by atoms with Crippen LogP contribution in [-0.2, 0) is 0 Å². The van der Waals surface area contributed by atoms with E-state index in [1.165, 1.54) is 0 Å². The van der Waals surface area contributed by atoms with Crippen molar-refractivity contribution in [2.75, 3.05) is 26.2 Å². The average molecular weight is 285 g/mol. The second-order valence-corrected chi connectivity index (χ2v) is 5.81. The van der Waals surface area contributed by atoms with Gasteiger partial charge in [0.25, 0.3) is 5.91 Å². The third-order valence-corrected chi connectivity index (χ3v) is 4.37. The molecular weight excluding hydrogens is 262 g/mol. The first-order chi connectivity index (χ1) is 10.3. The Hall–Kier alpha value is -1.81. The molecule has 3 rings (SSSR count). The maximum absolute atomic E-state index is 12.7. The number of H-pyrrole nitrogens is 1. The van der Waals surface area contributed by atoms with Crippen LogP contribution in [0.3, 0.4) is 0 Å². The van der Waals surface area contributed by atoms with E-state index in [0.29, 0.717) is 11.6 Å². The Balaban J connectivity index is 1.74. The number of aromatic nitrogens is 1. The van der Waals surface area contributed by atoms with E-state index >= 15 is 0 Å². The molecule has 0 bridgehead atoms. The average Bonchev–Trinajstić information content (AvgIpc) is 2.97. The van der Waals surface area contributed by atoms with Crippen LogP contribution < -0.4 is 5.32 Å². The molecule has 1 aromatic carbocycles. The number of piperidine rings is 1. The number of rotatable bonds is 4. The van der Waals surface area contributed by atoms with Crippen LogP contribution in [-0.4, -0.2) is 42.0 Å². The number of nitrogens with one attached hydrogen (secondary N) is 2. The van der Waals surface area contributed by atoms with Gasteiger partial charge >= 0.3 is 0 Å². The molecule has 4 nitrogen and oxygen atoms in total. The molecule has 0 spiro atoms. The summed E-state index contributed by atoms with van der Waals surface area (Å²) < 4.78 is 0. The highest BCUT2D eigenvalue weighted by Crippen LogP contribution is 2.18. The number of fused-ring (bicyclic) bond motifs is 1. The molecule has 2 heterocycles. The van der Waals surface area contributed by atoms with E-state index in [1.807, 2.05) is 35.2 Å². The number of para-hydroxylation sites is 1. The predicted molar refractivity (Wildman–Crippen MR) is 85.5 cm³/mol.